The van der Waals surface area contributed by atoms with Crippen LogP contribution in [0.5, 0.6) is 0 Å². The van der Waals surface area contributed by atoms with Crippen LogP contribution in [0.1, 0.15) is 40.0 Å². The minimum atomic E-state index is 0.766. The molecular weight excluding hydrogens is 216 g/mol. The van der Waals surface area contributed by atoms with Crippen LogP contribution < -0.4 is 5.32 Å². The van der Waals surface area contributed by atoms with Crippen molar-refractivity contribution in [3.63, 3.8) is 0 Å². The summed E-state index contributed by atoms with van der Waals surface area (Å²) in [6.07, 6.45) is 3.92. The third-order valence-electron chi connectivity index (χ3n) is 3.49. The van der Waals surface area contributed by atoms with Crippen molar-refractivity contribution >= 4 is 11.8 Å². The maximum Gasteiger partial charge on any atom is 0.0184 e. The van der Waals surface area contributed by atoms with Gasteiger partial charge in [0, 0.05) is 23.6 Å². The first kappa shape index (κ1) is 14.3. The van der Waals surface area contributed by atoms with E-state index in [-0.39, 0.29) is 0 Å². The van der Waals surface area contributed by atoms with Crippen molar-refractivity contribution in [3.8, 4) is 0 Å². The van der Waals surface area contributed by atoms with E-state index in [4.69, 9.17) is 0 Å². The van der Waals surface area contributed by atoms with E-state index in [1.54, 1.807) is 0 Å². The second-order valence-electron chi connectivity index (χ2n) is 4.81. The van der Waals surface area contributed by atoms with Crippen LogP contribution in [-0.4, -0.2) is 48.1 Å². The number of unbranched alkanes of at least 4 members (excludes halogenated alkanes) is 1. The van der Waals surface area contributed by atoms with Crippen molar-refractivity contribution < 1.29 is 0 Å². The van der Waals surface area contributed by atoms with Crippen LogP contribution in [0, 0.1) is 0 Å². The van der Waals surface area contributed by atoms with Gasteiger partial charge in [-0.3, -0.25) is 4.90 Å². The molecule has 16 heavy (non-hydrogen) atoms. The number of rotatable bonds is 7. The lowest BCUT2D eigenvalue weighted by molar-refractivity contribution is 0.209. The number of nitrogens with one attached hydrogen (secondary N) is 1. The fraction of sp³-hybridized carbons (Fsp3) is 1.00. The van der Waals surface area contributed by atoms with Gasteiger partial charge in [0.1, 0.15) is 0 Å². The van der Waals surface area contributed by atoms with E-state index in [0.29, 0.717) is 0 Å². The Labute approximate surface area is 106 Å². The highest BCUT2D eigenvalue weighted by molar-refractivity contribution is 8.00. The highest BCUT2D eigenvalue weighted by Crippen LogP contribution is 2.24. The summed E-state index contributed by atoms with van der Waals surface area (Å²) in [5.41, 5.74) is 0. The minimum absolute atomic E-state index is 0.766. The quantitative estimate of drug-likeness (QED) is 0.693. The predicted octanol–water partition coefficient (Wildman–Crippen LogP) is 2.59. The Kier molecular flexibility index (Phi) is 7.50. The van der Waals surface area contributed by atoms with E-state index < -0.39 is 0 Å². The van der Waals surface area contributed by atoms with Gasteiger partial charge < -0.3 is 5.32 Å². The third kappa shape index (κ3) is 5.07. The van der Waals surface area contributed by atoms with Crippen LogP contribution in [0.4, 0.5) is 0 Å². The lowest BCUT2D eigenvalue weighted by Crippen LogP contribution is -2.45. The highest BCUT2D eigenvalue weighted by Gasteiger charge is 2.24. The molecule has 2 atom stereocenters. The van der Waals surface area contributed by atoms with Crippen LogP contribution in [-0.2, 0) is 0 Å². The van der Waals surface area contributed by atoms with Crippen LogP contribution in [0.25, 0.3) is 0 Å². The molecule has 2 nitrogen and oxygen atoms in total. The van der Waals surface area contributed by atoms with Crippen molar-refractivity contribution in [1.82, 2.24) is 10.2 Å². The molecule has 0 amide bonds. The molecule has 1 fully saturated rings. The molecule has 0 saturated carbocycles. The van der Waals surface area contributed by atoms with Gasteiger partial charge in [-0.1, -0.05) is 13.8 Å². The Morgan fingerprint density at radius 3 is 2.81 bits per heavy atom. The Balaban J connectivity index is 2.03. The Morgan fingerprint density at radius 2 is 2.06 bits per heavy atom. The molecule has 0 radical (unpaired) electrons. The molecule has 0 aromatic rings. The van der Waals surface area contributed by atoms with Crippen LogP contribution in [0.3, 0.4) is 0 Å². The van der Waals surface area contributed by atoms with Crippen LogP contribution >= 0.6 is 11.8 Å². The summed E-state index contributed by atoms with van der Waals surface area (Å²) in [6.45, 7) is 11.9. The number of hydrogen-bond donors (Lipinski definition) is 1. The summed E-state index contributed by atoms with van der Waals surface area (Å²) in [6, 6.07) is 0.766. The van der Waals surface area contributed by atoms with E-state index in [9.17, 15) is 0 Å². The number of hydrogen-bond acceptors (Lipinski definition) is 3. The van der Waals surface area contributed by atoms with Crippen molar-refractivity contribution in [3.05, 3.63) is 0 Å². The second-order valence-corrected chi connectivity index (χ2v) is 6.29. The average Bonchev–Trinajstić information content (AvgIpc) is 2.29. The Hall–Kier alpha value is 0.270. The Morgan fingerprint density at radius 1 is 1.25 bits per heavy atom. The van der Waals surface area contributed by atoms with Gasteiger partial charge in [-0.25, -0.2) is 0 Å². The number of thioether (sulfide) groups is 1. The van der Waals surface area contributed by atoms with E-state index >= 15 is 0 Å². The fourth-order valence-corrected chi connectivity index (χ4v) is 3.34. The predicted molar refractivity (Wildman–Crippen MR) is 75.3 cm³/mol. The molecule has 1 rings (SSSR count). The molecule has 0 spiro atoms. The summed E-state index contributed by atoms with van der Waals surface area (Å²) < 4.78 is 0. The lowest BCUT2D eigenvalue weighted by Gasteiger charge is -2.37. The summed E-state index contributed by atoms with van der Waals surface area (Å²) in [5, 5.41) is 4.28. The summed E-state index contributed by atoms with van der Waals surface area (Å²) >= 11 is 2.13. The van der Waals surface area contributed by atoms with Gasteiger partial charge in [-0.05, 0) is 45.8 Å². The van der Waals surface area contributed by atoms with Gasteiger partial charge >= 0.3 is 0 Å². The fourth-order valence-electron chi connectivity index (χ4n) is 2.18. The van der Waals surface area contributed by atoms with Gasteiger partial charge in [-0.2, -0.15) is 11.8 Å². The van der Waals surface area contributed by atoms with E-state index in [1.807, 2.05) is 0 Å². The van der Waals surface area contributed by atoms with E-state index in [2.05, 4.69) is 42.7 Å². The van der Waals surface area contributed by atoms with Gasteiger partial charge in [0.25, 0.3) is 0 Å². The highest BCUT2D eigenvalue weighted by atomic mass is 32.2. The maximum atomic E-state index is 3.47. The SMILES string of the molecule is CCCNCCCCN1CCSC(C)C1C. The van der Waals surface area contributed by atoms with E-state index in [0.717, 1.165) is 11.3 Å². The summed E-state index contributed by atoms with van der Waals surface area (Å²) in [5.74, 6) is 1.32. The molecular formula is C13H28N2S. The van der Waals surface area contributed by atoms with Crippen molar-refractivity contribution in [1.29, 1.82) is 0 Å². The zero-order chi connectivity index (χ0) is 11.8. The lowest BCUT2D eigenvalue weighted by atomic mass is 10.2. The average molecular weight is 244 g/mol. The molecule has 1 N–H and O–H groups in total. The first-order valence-corrected chi connectivity index (χ1v) is 7.87. The molecule has 0 aliphatic carbocycles. The van der Waals surface area contributed by atoms with Crippen molar-refractivity contribution in [2.45, 2.75) is 51.3 Å². The molecule has 1 heterocycles. The smallest absolute Gasteiger partial charge is 0.0184 e. The summed E-state index contributed by atoms with van der Waals surface area (Å²) in [7, 11) is 0. The molecule has 3 heteroatoms. The normalized spacial score (nSPS) is 27.2. The van der Waals surface area contributed by atoms with Gasteiger partial charge in [-0.15, -0.1) is 0 Å². The third-order valence-corrected chi connectivity index (χ3v) is 4.83. The minimum Gasteiger partial charge on any atom is -0.317 e. The van der Waals surface area contributed by atoms with Crippen LogP contribution in [0.2, 0.25) is 0 Å². The van der Waals surface area contributed by atoms with Crippen LogP contribution in [0.15, 0.2) is 0 Å². The monoisotopic (exact) mass is 244 g/mol. The van der Waals surface area contributed by atoms with Gasteiger partial charge in [0.2, 0.25) is 0 Å². The Bertz CT molecular complexity index is 175. The molecule has 2 unspecified atom stereocenters. The second kappa shape index (κ2) is 8.37. The zero-order valence-corrected chi connectivity index (χ0v) is 12.0. The zero-order valence-electron chi connectivity index (χ0n) is 11.2. The molecule has 1 saturated heterocycles. The van der Waals surface area contributed by atoms with E-state index in [1.165, 1.54) is 51.2 Å². The largest absolute Gasteiger partial charge is 0.317 e. The maximum absolute atomic E-state index is 3.47. The first-order valence-electron chi connectivity index (χ1n) is 6.82. The molecule has 0 aromatic carbocycles. The van der Waals surface area contributed by atoms with Gasteiger partial charge in [0.15, 0.2) is 0 Å². The van der Waals surface area contributed by atoms with Gasteiger partial charge in [0.05, 0.1) is 0 Å². The number of nitrogens with zero attached hydrogens (tertiary/aromatic N) is 1. The molecule has 0 bridgehead atoms. The van der Waals surface area contributed by atoms with Crippen molar-refractivity contribution in [2.75, 3.05) is 31.9 Å². The molecule has 1 aliphatic rings. The summed E-state index contributed by atoms with van der Waals surface area (Å²) in [4.78, 5) is 2.67. The van der Waals surface area contributed by atoms with Crippen molar-refractivity contribution in [2.24, 2.45) is 0 Å². The first-order chi connectivity index (χ1) is 7.75. The molecule has 96 valence electrons. The molecule has 0 aromatic heterocycles. The topological polar surface area (TPSA) is 15.3 Å². The molecule has 1 aliphatic heterocycles. The standard InChI is InChI=1S/C13H28N2S/c1-4-7-14-8-5-6-9-15-10-11-16-13(3)12(15)2/h12-14H,4-11H2,1-3H3.